The fourth-order valence-corrected chi connectivity index (χ4v) is 1.19. The topological polar surface area (TPSA) is 72.5 Å². The van der Waals surface area contributed by atoms with Crippen LogP contribution < -0.4 is 10.5 Å². The Balaban J connectivity index is 2.80. The van der Waals surface area contributed by atoms with Crippen molar-refractivity contribution in [1.82, 2.24) is 0 Å². The molecule has 0 bridgehead atoms. The molecule has 3 N–H and O–H groups in total. The normalized spacial score (nSPS) is 11.7. The van der Waals surface area contributed by atoms with E-state index in [0.29, 0.717) is 5.56 Å². The van der Waals surface area contributed by atoms with Crippen LogP contribution >= 0.6 is 0 Å². The summed E-state index contributed by atoms with van der Waals surface area (Å²) in [6, 6.07) is 3.44. The van der Waals surface area contributed by atoms with Crippen LogP contribution in [0.4, 0.5) is 18.9 Å². The van der Waals surface area contributed by atoms with E-state index in [0.717, 1.165) is 12.1 Å². The summed E-state index contributed by atoms with van der Waals surface area (Å²) in [6.07, 6.45) is -2.20. The predicted molar refractivity (Wildman–Crippen MR) is 58.8 cm³/mol. The number of carbonyl (C=O) groups is 1. The van der Waals surface area contributed by atoms with E-state index >= 15 is 0 Å². The molecule has 0 fully saturated rings. The minimum absolute atomic E-state index is 0.0680. The molecular weight excluding hydrogens is 251 g/mol. The summed E-state index contributed by atoms with van der Waals surface area (Å²) in [5, 5.41) is 8.40. The van der Waals surface area contributed by atoms with Gasteiger partial charge in [-0.25, -0.2) is 0 Å². The van der Waals surface area contributed by atoms with Gasteiger partial charge in [-0.2, -0.15) is 0 Å². The van der Waals surface area contributed by atoms with E-state index in [2.05, 4.69) is 4.74 Å². The maximum absolute atomic E-state index is 11.9. The third-order valence-corrected chi connectivity index (χ3v) is 1.88. The number of halogens is 3. The van der Waals surface area contributed by atoms with Crippen molar-refractivity contribution >= 4 is 17.7 Å². The van der Waals surface area contributed by atoms with E-state index in [1.54, 1.807) is 0 Å². The summed E-state index contributed by atoms with van der Waals surface area (Å²) in [4.78, 5) is 10.3. The van der Waals surface area contributed by atoms with E-state index in [1.807, 2.05) is 0 Å². The van der Waals surface area contributed by atoms with E-state index in [4.69, 9.17) is 10.8 Å². The summed E-state index contributed by atoms with van der Waals surface area (Å²) in [6.45, 7) is 0. The highest BCUT2D eigenvalue weighted by Gasteiger charge is 2.31. The second-order valence-corrected chi connectivity index (χ2v) is 3.34. The number of hydrogen-bond acceptors (Lipinski definition) is 3. The molecule has 0 aliphatic carbocycles. The van der Waals surface area contributed by atoms with Crippen LogP contribution in [0.1, 0.15) is 12.0 Å². The van der Waals surface area contributed by atoms with Gasteiger partial charge in [0.2, 0.25) is 0 Å². The molecule has 0 heterocycles. The number of nitrogen functional groups attached to an aromatic ring is 1. The molecule has 0 amide bonds. The molecule has 1 aromatic rings. The van der Waals surface area contributed by atoms with Crippen LogP contribution in [0.3, 0.4) is 0 Å². The Labute approximate surface area is 100 Å². The highest BCUT2D eigenvalue weighted by molar-refractivity contribution is 5.72. The van der Waals surface area contributed by atoms with Gasteiger partial charge >= 0.3 is 12.3 Å². The number of aliphatic carboxylic acids is 1. The summed E-state index contributed by atoms with van der Waals surface area (Å²) >= 11 is 0. The molecule has 0 aliphatic heterocycles. The number of carboxylic acids is 1. The molecule has 98 valence electrons. The number of alkyl halides is 3. The van der Waals surface area contributed by atoms with E-state index in [-0.39, 0.29) is 12.1 Å². The third-order valence-electron chi connectivity index (χ3n) is 1.88. The smallest absolute Gasteiger partial charge is 0.481 e. The SMILES string of the molecule is Nc1cc(OC(F)(F)F)ccc1C=CCC(=O)O. The average molecular weight is 261 g/mol. The zero-order valence-electron chi connectivity index (χ0n) is 9.07. The highest BCUT2D eigenvalue weighted by Crippen LogP contribution is 2.26. The van der Waals surface area contributed by atoms with E-state index in [1.165, 1.54) is 18.2 Å². The standard InChI is InChI=1S/C11H10F3NO3/c12-11(13,14)18-8-5-4-7(9(15)6-8)2-1-3-10(16)17/h1-2,4-6H,3,15H2,(H,16,17). The second-order valence-electron chi connectivity index (χ2n) is 3.34. The molecule has 0 unspecified atom stereocenters. The van der Waals surface area contributed by atoms with Crippen LogP contribution in [0.15, 0.2) is 24.3 Å². The third kappa shape index (κ3) is 4.77. The fourth-order valence-electron chi connectivity index (χ4n) is 1.19. The molecule has 0 radical (unpaired) electrons. The van der Waals surface area contributed by atoms with Crippen molar-refractivity contribution in [3.05, 3.63) is 29.8 Å². The maximum Gasteiger partial charge on any atom is 0.573 e. The molecule has 0 aliphatic rings. The van der Waals surface area contributed by atoms with E-state index < -0.39 is 18.1 Å². The van der Waals surface area contributed by atoms with Crippen LogP contribution in [0.5, 0.6) is 5.75 Å². The molecule has 7 heteroatoms. The van der Waals surface area contributed by atoms with Gasteiger partial charge in [0.15, 0.2) is 0 Å². The van der Waals surface area contributed by atoms with Crippen molar-refractivity contribution in [3.63, 3.8) is 0 Å². The lowest BCUT2D eigenvalue weighted by molar-refractivity contribution is -0.274. The van der Waals surface area contributed by atoms with Crippen molar-refractivity contribution < 1.29 is 27.8 Å². The first kappa shape index (κ1) is 13.9. The van der Waals surface area contributed by atoms with Crippen molar-refractivity contribution in [2.45, 2.75) is 12.8 Å². The van der Waals surface area contributed by atoms with Gasteiger partial charge in [0.1, 0.15) is 5.75 Å². The largest absolute Gasteiger partial charge is 0.573 e. The van der Waals surface area contributed by atoms with Crippen LogP contribution in [-0.4, -0.2) is 17.4 Å². The van der Waals surface area contributed by atoms with Crippen molar-refractivity contribution in [2.24, 2.45) is 0 Å². The zero-order chi connectivity index (χ0) is 13.8. The molecule has 0 saturated carbocycles. The van der Waals surface area contributed by atoms with E-state index in [9.17, 15) is 18.0 Å². The lowest BCUT2D eigenvalue weighted by Gasteiger charge is -2.10. The zero-order valence-corrected chi connectivity index (χ0v) is 9.07. The number of hydrogen-bond donors (Lipinski definition) is 2. The summed E-state index contributed by atoms with van der Waals surface area (Å²) < 4.78 is 39.5. The number of ether oxygens (including phenoxy) is 1. The van der Waals surface area contributed by atoms with Gasteiger partial charge < -0.3 is 15.6 Å². The van der Waals surface area contributed by atoms with Gasteiger partial charge in [-0.1, -0.05) is 12.2 Å². The average Bonchev–Trinajstić information content (AvgIpc) is 2.18. The molecule has 0 spiro atoms. The van der Waals surface area contributed by atoms with Gasteiger partial charge in [0, 0.05) is 11.8 Å². The monoisotopic (exact) mass is 261 g/mol. The highest BCUT2D eigenvalue weighted by atomic mass is 19.4. The van der Waals surface area contributed by atoms with Crippen molar-refractivity contribution in [3.8, 4) is 5.75 Å². The Morgan fingerprint density at radius 3 is 2.61 bits per heavy atom. The molecule has 0 saturated heterocycles. The van der Waals surface area contributed by atoms with Crippen molar-refractivity contribution in [1.29, 1.82) is 0 Å². The molecule has 0 atom stereocenters. The van der Waals surface area contributed by atoms with Crippen LogP contribution in [0.25, 0.3) is 6.08 Å². The quantitative estimate of drug-likeness (QED) is 0.817. The first-order valence-electron chi connectivity index (χ1n) is 4.81. The van der Waals surface area contributed by atoms with Gasteiger partial charge in [0.05, 0.1) is 6.42 Å². The Bertz CT molecular complexity index is 469. The maximum atomic E-state index is 11.9. The minimum atomic E-state index is -4.77. The fraction of sp³-hybridized carbons (Fsp3) is 0.182. The lowest BCUT2D eigenvalue weighted by atomic mass is 10.1. The molecular formula is C11H10F3NO3. The first-order valence-corrected chi connectivity index (χ1v) is 4.81. The number of rotatable bonds is 4. The molecule has 18 heavy (non-hydrogen) atoms. The second kappa shape index (κ2) is 5.44. The van der Waals surface area contributed by atoms with Crippen LogP contribution in [0.2, 0.25) is 0 Å². The molecule has 1 rings (SSSR count). The van der Waals surface area contributed by atoms with Gasteiger partial charge in [-0.05, 0) is 17.7 Å². The number of benzene rings is 1. The summed E-state index contributed by atoms with van der Waals surface area (Å²) in [5.41, 5.74) is 6.00. The predicted octanol–water partition coefficient (Wildman–Crippen LogP) is 2.66. The van der Waals surface area contributed by atoms with Crippen LogP contribution in [-0.2, 0) is 4.79 Å². The summed E-state index contributed by atoms with van der Waals surface area (Å²) in [5.74, 6) is -1.43. The lowest BCUT2D eigenvalue weighted by Crippen LogP contribution is -2.17. The molecule has 0 aromatic heterocycles. The van der Waals surface area contributed by atoms with Crippen molar-refractivity contribution in [2.75, 3.05) is 5.73 Å². The summed E-state index contributed by atoms with van der Waals surface area (Å²) in [7, 11) is 0. The Hall–Kier alpha value is -2.18. The number of carboxylic acid groups (broad SMARTS) is 1. The minimum Gasteiger partial charge on any atom is -0.481 e. The number of nitrogens with two attached hydrogens (primary N) is 1. The van der Waals surface area contributed by atoms with Gasteiger partial charge in [-0.15, -0.1) is 13.2 Å². The first-order chi connectivity index (χ1) is 8.28. The molecule has 4 nitrogen and oxygen atoms in total. The van der Waals surface area contributed by atoms with Gasteiger partial charge in [-0.3, -0.25) is 4.79 Å². The molecule has 1 aromatic carbocycles. The van der Waals surface area contributed by atoms with Crippen LogP contribution in [0, 0.1) is 0 Å². The Morgan fingerprint density at radius 1 is 1.44 bits per heavy atom. The van der Waals surface area contributed by atoms with Gasteiger partial charge in [0.25, 0.3) is 0 Å². The Morgan fingerprint density at radius 2 is 2.11 bits per heavy atom. The number of anilines is 1. The Kier molecular flexibility index (Phi) is 4.19.